The Kier molecular flexibility index (Phi) is 6.86. The van der Waals surface area contributed by atoms with Crippen LogP contribution < -0.4 is 10.2 Å². The van der Waals surface area contributed by atoms with Gasteiger partial charge in [-0.1, -0.05) is 17.8 Å². The Morgan fingerprint density at radius 1 is 1.33 bits per heavy atom. The maximum atomic E-state index is 13.9. The molecule has 0 saturated carbocycles. The zero-order chi connectivity index (χ0) is 20.9. The van der Waals surface area contributed by atoms with Gasteiger partial charge in [0.2, 0.25) is 11.9 Å². The lowest BCUT2D eigenvalue weighted by molar-refractivity contribution is -0.120. The Labute approximate surface area is 179 Å². The van der Waals surface area contributed by atoms with Crippen molar-refractivity contribution in [2.75, 3.05) is 44.4 Å². The first-order chi connectivity index (χ1) is 14.6. The van der Waals surface area contributed by atoms with E-state index in [0.717, 1.165) is 19.4 Å². The molecule has 0 unspecified atom stereocenters. The minimum absolute atomic E-state index is 0.0859. The number of nitrogens with zero attached hydrogens (tertiary/aromatic N) is 4. The molecule has 2 saturated heterocycles. The first kappa shape index (κ1) is 21.1. The van der Waals surface area contributed by atoms with Crippen molar-refractivity contribution in [3.05, 3.63) is 30.1 Å². The standard InChI is InChI=1S/C20H26FN5O3S/c1-14(18(27)22-13-17-6-3-9-29-17)30-20-24-23-19(25-7-10-28-11-8-25)26(20)16-5-2-4-15(21)12-16/h2,4-5,12,14,17H,3,6-11,13H2,1H3,(H,22,27)/t14-,17-/m0/s1. The predicted molar refractivity (Wildman–Crippen MR) is 112 cm³/mol. The Hall–Kier alpha value is -2.17. The fourth-order valence-electron chi connectivity index (χ4n) is 3.52. The zero-order valence-electron chi connectivity index (χ0n) is 16.9. The van der Waals surface area contributed by atoms with Crippen LogP contribution in [0.2, 0.25) is 0 Å². The number of ether oxygens (including phenoxy) is 2. The summed E-state index contributed by atoms with van der Waals surface area (Å²) in [5.74, 6) is 0.197. The van der Waals surface area contributed by atoms with Crippen LogP contribution in [0.1, 0.15) is 19.8 Å². The molecule has 3 heterocycles. The van der Waals surface area contributed by atoms with Gasteiger partial charge in [0.25, 0.3) is 0 Å². The Bertz CT molecular complexity index is 868. The lowest BCUT2D eigenvalue weighted by Gasteiger charge is -2.28. The number of anilines is 1. The van der Waals surface area contributed by atoms with Crippen LogP contribution in [0, 0.1) is 5.82 Å². The van der Waals surface area contributed by atoms with Gasteiger partial charge < -0.3 is 19.7 Å². The molecule has 162 valence electrons. The van der Waals surface area contributed by atoms with Crippen LogP contribution in [-0.4, -0.2) is 71.5 Å². The van der Waals surface area contributed by atoms with E-state index >= 15 is 0 Å². The van der Waals surface area contributed by atoms with Gasteiger partial charge in [0.1, 0.15) is 5.82 Å². The minimum atomic E-state index is -0.388. The number of benzene rings is 1. The number of amides is 1. The highest BCUT2D eigenvalue weighted by Crippen LogP contribution is 2.30. The van der Waals surface area contributed by atoms with E-state index in [-0.39, 0.29) is 23.1 Å². The summed E-state index contributed by atoms with van der Waals surface area (Å²) in [6.45, 7) is 5.64. The van der Waals surface area contributed by atoms with Gasteiger partial charge in [0.15, 0.2) is 5.16 Å². The van der Waals surface area contributed by atoms with Crippen LogP contribution in [0.15, 0.2) is 29.4 Å². The second kappa shape index (κ2) is 9.76. The number of aromatic nitrogens is 3. The first-order valence-electron chi connectivity index (χ1n) is 10.2. The van der Waals surface area contributed by atoms with E-state index < -0.39 is 0 Å². The SMILES string of the molecule is C[C@H](Sc1nnc(N2CCOCC2)n1-c1cccc(F)c1)C(=O)NC[C@@H]1CCCO1. The molecule has 0 aliphatic carbocycles. The zero-order valence-corrected chi connectivity index (χ0v) is 17.7. The fraction of sp³-hybridized carbons (Fsp3) is 0.550. The van der Waals surface area contributed by atoms with Gasteiger partial charge in [-0.05, 0) is 38.0 Å². The number of rotatable bonds is 7. The number of carbonyl (C=O) groups is 1. The predicted octanol–water partition coefficient (Wildman–Crippen LogP) is 2.02. The number of thioether (sulfide) groups is 1. The van der Waals surface area contributed by atoms with Crippen LogP contribution in [0.25, 0.3) is 5.69 Å². The summed E-state index contributed by atoms with van der Waals surface area (Å²) in [5, 5.41) is 11.8. The number of morpholine rings is 1. The van der Waals surface area contributed by atoms with Crippen molar-refractivity contribution < 1.29 is 18.7 Å². The molecule has 1 aromatic carbocycles. The Balaban J connectivity index is 1.53. The highest BCUT2D eigenvalue weighted by atomic mass is 32.2. The smallest absolute Gasteiger partial charge is 0.233 e. The molecule has 30 heavy (non-hydrogen) atoms. The van der Waals surface area contributed by atoms with Crippen LogP contribution in [0.3, 0.4) is 0 Å². The van der Waals surface area contributed by atoms with Crippen molar-refractivity contribution in [3.8, 4) is 5.69 Å². The fourth-order valence-corrected chi connectivity index (χ4v) is 4.41. The van der Waals surface area contributed by atoms with Gasteiger partial charge in [0, 0.05) is 26.2 Å². The summed E-state index contributed by atoms with van der Waals surface area (Å²) in [6, 6.07) is 6.30. The summed E-state index contributed by atoms with van der Waals surface area (Å²) < 4.78 is 26.7. The second-order valence-electron chi connectivity index (χ2n) is 7.34. The van der Waals surface area contributed by atoms with E-state index in [1.807, 2.05) is 17.6 Å². The third kappa shape index (κ3) is 4.93. The number of nitrogens with one attached hydrogen (secondary N) is 1. The molecule has 2 fully saturated rings. The van der Waals surface area contributed by atoms with Gasteiger partial charge in [-0.15, -0.1) is 10.2 Å². The summed E-state index contributed by atoms with van der Waals surface area (Å²) >= 11 is 1.30. The van der Waals surface area contributed by atoms with Crippen LogP contribution in [-0.2, 0) is 14.3 Å². The van der Waals surface area contributed by atoms with Crippen molar-refractivity contribution in [2.24, 2.45) is 0 Å². The summed E-state index contributed by atoms with van der Waals surface area (Å²) in [4.78, 5) is 14.6. The first-order valence-corrected chi connectivity index (χ1v) is 11.1. The van der Waals surface area contributed by atoms with Gasteiger partial charge in [-0.3, -0.25) is 9.36 Å². The highest BCUT2D eigenvalue weighted by molar-refractivity contribution is 8.00. The topological polar surface area (TPSA) is 81.5 Å². The largest absolute Gasteiger partial charge is 0.378 e. The molecule has 1 N–H and O–H groups in total. The molecule has 0 spiro atoms. The lowest BCUT2D eigenvalue weighted by Crippen LogP contribution is -2.38. The molecular weight excluding hydrogens is 409 g/mol. The summed E-state index contributed by atoms with van der Waals surface area (Å²) in [5.41, 5.74) is 0.621. The lowest BCUT2D eigenvalue weighted by atomic mass is 10.2. The molecule has 2 atom stereocenters. The van der Waals surface area contributed by atoms with Crippen molar-refractivity contribution in [2.45, 2.75) is 36.3 Å². The van der Waals surface area contributed by atoms with Crippen molar-refractivity contribution in [1.82, 2.24) is 20.1 Å². The summed E-state index contributed by atoms with van der Waals surface area (Å²) in [7, 11) is 0. The molecule has 2 aliphatic rings. The molecule has 0 bridgehead atoms. The van der Waals surface area contributed by atoms with Gasteiger partial charge in [-0.25, -0.2) is 4.39 Å². The van der Waals surface area contributed by atoms with E-state index in [4.69, 9.17) is 9.47 Å². The molecule has 1 amide bonds. The molecule has 10 heteroatoms. The number of hydrogen-bond donors (Lipinski definition) is 1. The molecule has 0 radical (unpaired) electrons. The quantitative estimate of drug-likeness (QED) is 0.667. The Morgan fingerprint density at radius 3 is 2.90 bits per heavy atom. The maximum Gasteiger partial charge on any atom is 0.233 e. The average molecular weight is 436 g/mol. The van der Waals surface area contributed by atoms with Crippen LogP contribution in [0.4, 0.5) is 10.3 Å². The van der Waals surface area contributed by atoms with Gasteiger partial charge in [-0.2, -0.15) is 0 Å². The van der Waals surface area contributed by atoms with Crippen molar-refractivity contribution in [1.29, 1.82) is 0 Å². The van der Waals surface area contributed by atoms with Gasteiger partial charge in [0.05, 0.1) is 30.3 Å². The third-order valence-corrected chi connectivity index (χ3v) is 6.20. The number of halogens is 1. The normalized spacial score (nSPS) is 20.3. The second-order valence-corrected chi connectivity index (χ2v) is 8.65. The molecule has 4 rings (SSSR count). The average Bonchev–Trinajstić information content (AvgIpc) is 3.42. The molecule has 2 aromatic rings. The highest BCUT2D eigenvalue weighted by Gasteiger charge is 2.25. The number of hydrogen-bond acceptors (Lipinski definition) is 7. The Morgan fingerprint density at radius 2 is 2.17 bits per heavy atom. The van der Waals surface area contributed by atoms with E-state index in [9.17, 15) is 9.18 Å². The molecule has 2 aliphatic heterocycles. The van der Waals surface area contributed by atoms with E-state index in [2.05, 4.69) is 20.4 Å². The van der Waals surface area contributed by atoms with Gasteiger partial charge >= 0.3 is 0 Å². The van der Waals surface area contributed by atoms with E-state index in [0.29, 0.717) is 49.6 Å². The maximum absolute atomic E-state index is 13.9. The van der Waals surface area contributed by atoms with Crippen LogP contribution >= 0.6 is 11.8 Å². The van der Waals surface area contributed by atoms with E-state index in [1.165, 1.54) is 23.9 Å². The number of carbonyl (C=O) groups excluding carboxylic acids is 1. The van der Waals surface area contributed by atoms with E-state index in [1.54, 1.807) is 6.07 Å². The van der Waals surface area contributed by atoms with Crippen molar-refractivity contribution in [3.63, 3.8) is 0 Å². The third-order valence-electron chi connectivity index (χ3n) is 5.16. The minimum Gasteiger partial charge on any atom is -0.378 e. The van der Waals surface area contributed by atoms with Crippen LogP contribution in [0.5, 0.6) is 0 Å². The molecule has 8 nitrogen and oxygen atoms in total. The van der Waals surface area contributed by atoms with Crippen molar-refractivity contribution >= 4 is 23.6 Å². The monoisotopic (exact) mass is 435 g/mol. The summed E-state index contributed by atoms with van der Waals surface area (Å²) in [6.07, 6.45) is 2.10. The molecule has 1 aromatic heterocycles. The molecular formula is C20H26FN5O3S.